The average Bonchev–Trinajstić information content (AvgIpc) is 3.50. The number of anilines is 1. The number of fused-ring (bicyclic) bond motifs is 2. The van der Waals surface area contributed by atoms with Crippen LogP contribution in [0.5, 0.6) is 0 Å². The maximum Gasteiger partial charge on any atom is 0.269 e. The fraction of sp³-hybridized carbons (Fsp3) is 0.148. The van der Waals surface area contributed by atoms with E-state index in [1.54, 1.807) is 23.1 Å². The quantitative estimate of drug-likeness (QED) is 0.247. The number of benzene rings is 3. The van der Waals surface area contributed by atoms with Gasteiger partial charge in [-0.15, -0.1) is 11.3 Å². The molecule has 3 aromatic carbocycles. The van der Waals surface area contributed by atoms with E-state index in [0.29, 0.717) is 21.6 Å². The fourth-order valence-corrected chi connectivity index (χ4v) is 7.61. The topological polar surface area (TPSA) is 48.8 Å². The van der Waals surface area contributed by atoms with Crippen LogP contribution in [0.2, 0.25) is 5.02 Å². The zero-order valence-corrected chi connectivity index (χ0v) is 22.8. The number of aliphatic imine (C=N–C) groups is 1. The molecule has 36 heavy (non-hydrogen) atoms. The first-order chi connectivity index (χ1) is 17.5. The minimum Gasteiger partial charge on any atom is -0.337 e. The van der Waals surface area contributed by atoms with Crippen molar-refractivity contribution in [3.05, 3.63) is 92.3 Å². The van der Waals surface area contributed by atoms with Gasteiger partial charge in [0.25, 0.3) is 5.91 Å². The van der Waals surface area contributed by atoms with E-state index in [2.05, 4.69) is 22.0 Å². The van der Waals surface area contributed by atoms with Crippen molar-refractivity contribution in [1.29, 1.82) is 0 Å². The highest BCUT2D eigenvalue weighted by Gasteiger charge is 2.39. The van der Waals surface area contributed by atoms with Crippen LogP contribution >= 0.6 is 46.5 Å². The largest absolute Gasteiger partial charge is 0.337 e. The second-order valence-electron chi connectivity index (χ2n) is 8.48. The number of amidine groups is 1. The molecule has 1 saturated heterocycles. The summed E-state index contributed by atoms with van der Waals surface area (Å²) in [5.41, 5.74) is 3.99. The molecule has 6 rings (SSSR count). The zero-order valence-electron chi connectivity index (χ0n) is 19.6. The molecule has 0 bridgehead atoms. The van der Waals surface area contributed by atoms with E-state index < -0.39 is 0 Å². The molecule has 2 aliphatic heterocycles. The Hall–Kier alpha value is -2.78. The molecule has 9 heteroatoms. The van der Waals surface area contributed by atoms with Gasteiger partial charge >= 0.3 is 0 Å². The molecule has 1 fully saturated rings. The first-order valence-electron chi connectivity index (χ1n) is 11.4. The molecule has 1 aromatic heterocycles. The molecule has 0 saturated carbocycles. The normalized spacial score (nSPS) is 18.6. The Morgan fingerprint density at radius 2 is 1.86 bits per heavy atom. The van der Waals surface area contributed by atoms with Crippen LogP contribution < -0.4 is 4.90 Å². The molecular weight excluding hydrogens is 528 g/mol. The summed E-state index contributed by atoms with van der Waals surface area (Å²) in [6.07, 6.45) is 0.751. The monoisotopic (exact) mass is 548 g/mol. The number of thiazole rings is 1. The van der Waals surface area contributed by atoms with Gasteiger partial charge < -0.3 is 4.90 Å². The van der Waals surface area contributed by atoms with Crippen molar-refractivity contribution >= 4 is 79.1 Å². The van der Waals surface area contributed by atoms with Gasteiger partial charge in [-0.25, -0.2) is 9.98 Å². The van der Waals surface area contributed by atoms with E-state index in [-0.39, 0.29) is 5.91 Å². The Morgan fingerprint density at radius 3 is 2.69 bits per heavy atom. The van der Waals surface area contributed by atoms with Crippen molar-refractivity contribution in [1.82, 2.24) is 9.88 Å². The smallest absolute Gasteiger partial charge is 0.269 e. The highest BCUT2D eigenvalue weighted by atomic mass is 35.5. The van der Waals surface area contributed by atoms with Crippen LogP contribution in [0, 0.1) is 6.92 Å². The summed E-state index contributed by atoms with van der Waals surface area (Å²) in [6.45, 7) is 2.56. The summed E-state index contributed by atoms with van der Waals surface area (Å²) in [4.78, 5) is 28.9. The summed E-state index contributed by atoms with van der Waals surface area (Å²) in [7, 11) is 1.98. The third kappa shape index (κ3) is 4.43. The Morgan fingerprint density at radius 1 is 1.03 bits per heavy atom. The van der Waals surface area contributed by atoms with Gasteiger partial charge in [0.2, 0.25) is 0 Å². The summed E-state index contributed by atoms with van der Waals surface area (Å²) in [5.74, 6) is -0.0161. The summed E-state index contributed by atoms with van der Waals surface area (Å²) < 4.78 is 1.09. The summed E-state index contributed by atoms with van der Waals surface area (Å²) in [5, 5.41) is 3.31. The lowest BCUT2D eigenvalue weighted by Crippen LogP contribution is -2.31. The standard InChI is InChI=1S/C27H21ClN4OS3/c1-16-29-20-10-9-19(15-23(20)34-16)30-27-32(13-12-17-6-4-3-5-7-17)25(33)24(36-27)26-31(2)21-14-18(28)8-11-22(21)35-26/h3-11,14-15H,12-13H2,1-2H3/b26-24-,30-27?. The number of rotatable bonds is 4. The van der Waals surface area contributed by atoms with Gasteiger partial charge in [0, 0.05) is 23.5 Å². The van der Waals surface area contributed by atoms with E-state index in [0.717, 1.165) is 42.9 Å². The van der Waals surface area contributed by atoms with Crippen LogP contribution in [0.15, 0.2) is 86.6 Å². The minimum atomic E-state index is -0.0161. The maximum atomic E-state index is 13.8. The highest BCUT2D eigenvalue weighted by molar-refractivity contribution is 8.19. The first kappa shape index (κ1) is 23.6. The van der Waals surface area contributed by atoms with Crippen LogP contribution in [-0.2, 0) is 11.2 Å². The Balaban J connectivity index is 1.38. The number of aryl methyl sites for hydroxylation is 1. The number of carbonyl (C=O) groups is 1. The van der Waals surface area contributed by atoms with Crippen LogP contribution in [-0.4, -0.2) is 34.6 Å². The number of nitrogens with zero attached hydrogens (tertiary/aromatic N) is 4. The van der Waals surface area contributed by atoms with Crippen molar-refractivity contribution in [2.45, 2.75) is 18.2 Å². The van der Waals surface area contributed by atoms with Crippen molar-refractivity contribution in [2.24, 2.45) is 4.99 Å². The zero-order chi connectivity index (χ0) is 24.8. The second kappa shape index (κ2) is 9.59. The number of thioether (sulfide) groups is 2. The fourth-order valence-electron chi connectivity index (χ4n) is 4.23. The van der Waals surface area contributed by atoms with Gasteiger partial charge in [-0.05, 0) is 67.1 Å². The van der Waals surface area contributed by atoms with E-state index in [9.17, 15) is 4.79 Å². The Labute approximate surface area is 226 Å². The van der Waals surface area contributed by atoms with Gasteiger partial charge in [0.15, 0.2) is 5.17 Å². The SMILES string of the molecule is Cc1nc2ccc(N=C3S/C(=C4\Sc5ccc(Cl)cc5N4C)C(=O)N3CCc3ccccc3)cc2s1. The van der Waals surface area contributed by atoms with E-state index in [4.69, 9.17) is 16.6 Å². The lowest BCUT2D eigenvalue weighted by Gasteiger charge is -2.17. The number of halogens is 1. The summed E-state index contributed by atoms with van der Waals surface area (Å²) >= 11 is 10.9. The Kier molecular flexibility index (Phi) is 6.29. The molecule has 3 heterocycles. The van der Waals surface area contributed by atoms with Crippen molar-refractivity contribution in [3.8, 4) is 0 Å². The lowest BCUT2D eigenvalue weighted by atomic mass is 10.1. The molecule has 0 N–H and O–H groups in total. The molecule has 5 nitrogen and oxygen atoms in total. The molecule has 180 valence electrons. The predicted octanol–water partition coefficient (Wildman–Crippen LogP) is 7.47. The van der Waals surface area contributed by atoms with E-state index in [1.807, 2.05) is 73.5 Å². The van der Waals surface area contributed by atoms with Crippen molar-refractivity contribution < 1.29 is 4.79 Å². The molecule has 0 spiro atoms. The molecule has 0 radical (unpaired) electrons. The minimum absolute atomic E-state index is 0.0161. The molecular formula is C27H21ClN4OS3. The maximum absolute atomic E-state index is 13.8. The van der Waals surface area contributed by atoms with E-state index in [1.165, 1.54) is 17.3 Å². The van der Waals surface area contributed by atoms with Gasteiger partial charge in [0.1, 0.15) is 4.91 Å². The molecule has 4 aromatic rings. The molecule has 0 aliphatic carbocycles. The molecule has 2 aliphatic rings. The van der Waals surface area contributed by atoms with Crippen LogP contribution in [0.25, 0.3) is 10.2 Å². The van der Waals surface area contributed by atoms with Crippen LogP contribution in [0.1, 0.15) is 10.6 Å². The third-order valence-corrected chi connectivity index (χ3v) is 9.62. The third-order valence-electron chi connectivity index (χ3n) is 6.02. The summed E-state index contributed by atoms with van der Waals surface area (Å²) in [6, 6.07) is 22.1. The number of aromatic nitrogens is 1. The average molecular weight is 549 g/mol. The molecule has 0 unspecified atom stereocenters. The van der Waals surface area contributed by atoms with Crippen LogP contribution in [0.4, 0.5) is 11.4 Å². The van der Waals surface area contributed by atoms with Gasteiger partial charge in [0.05, 0.1) is 31.6 Å². The van der Waals surface area contributed by atoms with Gasteiger partial charge in [-0.2, -0.15) is 0 Å². The van der Waals surface area contributed by atoms with E-state index >= 15 is 0 Å². The number of hydrogen-bond donors (Lipinski definition) is 0. The van der Waals surface area contributed by atoms with Gasteiger partial charge in [-0.1, -0.05) is 53.7 Å². The predicted molar refractivity (Wildman–Crippen MR) is 154 cm³/mol. The molecule has 0 atom stereocenters. The number of hydrogen-bond acceptors (Lipinski definition) is 7. The van der Waals surface area contributed by atoms with Gasteiger partial charge in [-0.3, -0.25) is 9.69 Å². The van der Waals surface area contributed by atoms with Crippen LogP contribution in [0.3, 0.4) is 0 Å². The Bertz CT molecular complexity index is 1560. The van der Waals surface area contributed by atoms with Crippen molar-refractivity contribution in [2.75, 3.05) is 18.5 Å². The molecule has 1 amide bonds. The van der Waals surface area contributed by atoms with Crippen molar-refractivity contribution in [3.63, 3.8) is 0 Å². The first-order valence-corrected chi connectivity index (χ1v) is 14.2. The number of amides is 1. The highest BCUT2D eigenvalue weighted by Crippen LogP contribution is 2.50. The second-order valence-corrected chi connectivity index (χ2v) is 12.2. The number of carbonyl (C=O) groups excluding carboxylic acids is 1. The lowest BCUT2D eigenvalue weighted by molar-refractivity contribution is -0.122.